The molecule has 0 aliphatic carbocycles. The fourth-order valence-electron chi connectivity index (χ4n) is 1.14. The van der Waals surface area contributed by atoms with Crippen molar-refractivity contribution >= 4 is 5.69 Å². The maximum atomic E-state index is 13.1. The molecule has 0 heterocycles. The van der Waals surface area contributed by atoms with Crippen LogP contribution in [0.25, 0.3) is 0 Å². The zero-order chi connectivity index (χ0) is 9.84. The van der Waals surface area contributed by atoms with Gasteiger partial charge in [0.05, 0.1) is 10.5 Å². The van der Waals surface area contributed by atoms with Crippen LogP contribution in [0.5, 0.6) is 0 Å². The molecule has 0 aromatic heterocycles. The van der Waals surface area contributed by atoms with Gasteiger partial charge in [-0.25, -0.2) is 4.39 Å². The lowest BCUT2D eigenvalue weighted by molar-refractivity contribution is -0.385. The third-order valence-corrected chi connectivity index (χ3v) is 1.72. The molecule has 1 radical (unpaired) electrons. The Balaban J connectivity index is 3.17. The molecule has 0 aliphatic rings. The number of halogens is 1. The van der Waals surface area contributed by atoms with Gasteiger partial charge >= 0.3 is 0 Å². The van der Waals surface area contributed by atoms with Gasteiger partial charge in [0.25, 0.3) is 5.69 Å². The Hall–Kier alpha value is -1.45. The van der Waals surface area contributed by atoms with E-state index in [1.807, 2.05) is 0 Å². The number of benzene rings is 1. The molecular weight excluding hydrogens is 173 g/mol. The number of nitro groups is 1. The third kappa shape index (κ3) is 2.02. The van der Waals surface area contributed by atoms with E-state index >= 15 is 0 Å². The number of nitro benzene ring substituents is 1. The molecule has 0 saturated heterocycles. The second-order valence-electron chi connectivity index (χ2n) is 2.60. The standard InChI is InChI=1S/C9H9FNO2/c1-2-4-7-8(10)5-3-6-9(7)11(12)13/h3,5-6H,1-2,4H2. The van der Waals surface area contributed by atoms with Crippen molar-refractivity contribution in [1.29, 1.82) is 0 Å². The van der Waals surface area contributed by atoms with Crippen molar-refractivity contribution in [3.05, 3.63) is 46.6 Å². The van der Waals surface area contributed by atoms with Crippen molar-refractivity contribution in [2.45, 2.75) is 12.8 Å². The Morgan fingerprint density at radius 1 is 1.54 bits per heavy atom. The minimum Gasteiger partial charge on any atom is -0.258 e. The zero-order valence-corrected chi connectivity index (χ0v) is 7.00. The summed E-state index contributed by atoms with van der Waals surface area (Å²) in [6, 6.07) is 3.85. The highest BCUT2D eigenvalue weighted by atomic mass is 19.1. The predicted octanol–water partition coefficient (Wildman–Crippen LogP) is 2.50. The van der Waals surface area contributed by atoms with Gasteiger partial charge in [-0.3, -0.25) is 10.1 Å². The summed E-state index contributed by atoms with van der Waals surface area (Å²) < 4.78 is 13.1. The van der Waals surface area contributed by atoms with Gasteiger partial charge in [-0.1, -0.05) is 13.0 Å². The molecule has 0 aliphatic heterocycles. The molecule has 0 unspecified atom stereocenters. The lowest BCUT2D eigenvalue weighted by Crippen LogP contribution is -1.98. The van der Waals surface area contributed by atoms with Gasteiger partial charge in [-0.15, -0.1) is 0 Å². The first-order valence-electron chi connectivity index (χ1n) is 3.88. The first kappa shape index (κ1) is 9.64. The Kier molecular flexibility index (Phi) is 2.95. The van der Waals surface area contributed by atoms with Crippen LogP contribution in [0.15, 0.2) is 18.2 Å². The molecule has 0 amide bonds. The molecule has 0 bridgehead atoms. The van der Waals surface area contributed by atoms with E-state index in [9.17, 15) is 14.5 Å². The average Bonchev–Trinajstić information content (AvgIpc) is 2.08. The van der Waals surface area contributed by atoms with E-state index in [0.29, 0.717) is 12.8 Å². The van der Waals surface area contributed by atoms with E-state index in [-0.39, 0.29) is 11.3 Å². The Bertz CT molecular complexity index is 325. The Morgan fingerprint density at radius 2 is 2.23 bits per heavy atom. The predicted molar refractivity (Wildman–Crippen MR) is 46.7 cm³/mol. The van der Waals surface area contributed by atoms with Crippen molar-refractivity contribution in [3.63, 3.8) is 0 Å². The largest absolute Gasteiger partial charge is 0.275 e. The van der Waals surface area contributed by atoms with E-state index in [1.165, 1.54) is 18.2 Å². The van der Waals surface area contributed by atoms with Gasteiger partial charge in [-0.2, -0.15) is 0 Å². The molecule has 3 nitrogen and oxygen atoms in total. The summed E-state index contributed by atoms with van der Waals surface area (Å²) in [5.41, 5.74) is -0.0221. The minimum atomic E-state index is -0.575. The van der Waals surface area contributed by atoms with Gasteiger partial charge < -0.3 is 0 Å². The maximum Gasteiger partial charge on any atom is 0.275 e. The molecule has 4 heteroatoms. The second-order valence-corrected chi connectivity index (χ2v) is 2.60. The highest BCUT2D eigenvalue weighted by Gasteiger charge is 2.15. The topological polar surface area (TPSA) is 43.1 Å². The smallest absolute Gasteiger partial charge is 0.258 e. The van der Waals surface area contributed by atoms with Crippen LogP contribution in [0, 0.1) is 22.9 Å². The molecule has 1 aromatic rings. The molecule has 13 heavy (non-hydrogen) atoms. The number of rotatable bonds is 3. The molecule has 0 spiro atoms. The third-order valence-electron chi connectivity index (χ3n) is 1.72. The number of hydrogen-bond acceptors (Lipinski definition) is 2. The molecule has 69 valence electrons. The van der Waals surface area contributed by atoms with Gasteiger partial charge in [0.2, 0.25) is 0 Å². The maximum absolute atomic E-state index is 13.1. The highest BCUT2D eigenvalue weighted by molar-refractivity contribution is 5.40. The van der Waals surface area contributed by atoms with Crippen LogP contribution < -0.4 is 0 Å². The van der Waals surface area contributed by atoms with Gasteiger partial charge in [0.1, 0.15) is 5.82 Å². The first-order chi connectivity index (χ1) is 6.16. The summed E-state index contributed by atoms with van der Waals surface area (Å²) in [6.45, 7) is 3.53. The SMILES string of the molecule is [CH2]CCc1c(F)cccc1[N+](=O)[O-]. The van der Waals surface area contributed by atoms with Crippen LogP contribution in [0.1, 0.15) is 12.0 Å². The van der Waals surface area contributed by atoms with E-state index in [4.69, 9.17) is 0 Å². The van der Waals surface area contributed by atoms with E-state index in [0.717, 1.165) is 0 Å². The number of nitrogens with zero attached hydrogens (tertiary/aromatic N) is 1. The Morgan fingerprint density at radius 3 is 2.77 bits per heavy atom. The molecule has 0 saturated carbocycles. The summed E-state index contributed by atoms with van der Waals surface area (Å²) >= 11 is 0. The minimum absolute atomic E-state index is 0.141. The van der Waals surface area contributed by atoms with Crippen molar-refractivity contribution in [1.82, 2.24) is 0 Å². The lowest BCUT2D eigenvalue weighted by Gasteiger charge is -2.01. The molecule has 1 aromatic carbocycles. The lowest BCUT2D eigenvalue weighted by atomic mass is 10.1. The van der Waals surface area contributed by atoms with Crippen LogP contribution in [0.4, 0.5) is 10.1 Å². The zero-order valence-electron chi connectivity index (χ0n) is 7.00. The van der Waals surface area contributed by atoms with Gasteiger partial charge in [-0.05, 0) is 18.9 Å². The van der Waals surface area contributed by atoms with Gasteiger partial charge in [0.15, 0.2) is 0 Å². The van der Waals surface area contributed by atoms with Crippen LogP contribution in [0.2, 0.25) is 0 Å². The molecule has 0 fully saturated rings. The van der Waals surface area contributed by atoms with Crippen molar-refractivity contribution in [2.75, 3.05) is 0 Å². The van der Waals surface area contributed by atoms with Crippen LogP contribution in [-0.2, 0) is 6.42 Å². The summed E-state index contributed by atoms with van der Waals surface area (Å²) in [4.78, 5) is 9.89. The summed E-state index contributed by atoms with van der Waals surface area (Å²) in [5, 5.41) is 10.5. The average molecular weight is 182 g/mol. The summed E-state index contributed by atoms with van der Waals surface area (Å²) in [5.74, 6) is -0.530. The van der Waals surface area contributed by atoms with Crippen LogP contribution >= 0.6 is 0 Å². The fourth-order valence-corrected chi connectivity index (χ4v) is 1.14. The normalized spacial score (nSPS) is 10.0. The fraction of sp³-hybridized carbons (Fsp3) is 0.222. The highest BCUT2D eigenvalue weighted by Crippen LogP contribution is 2.22. The quantitative estimate of drug-likeness (QED) is 0.532. The first-order valence-corrected chi connectivity index (χ1v) is 3.88. The molecular formula is C9H9FNO2. The van der Waals surface area contributed by atoms with E-state index in [1.54, 1.807) is 0 Å². The van der Waals surface area contributed by atoms with Crippen LogP contribution in [0.3, 0.4) is 0 Å². The van der Waals surface area contributed by atoms with E-state index in [2.05, 4.69) is 6.92 Å². The second kappa shape index (κ2) is 3.98. The van der Waals surface area contributed by atoms with Crippen LogP contribution in [-0.4, -0.2) is 4.92 Å². The molecule has 1 rings (SSSR count). The molecule has 0 N–H and O–H groups in total. The molecule has 0 atom stereocenters. The number of hydrogen-bond donors (Lipinski definition) is 0. The van der Waals surface area contributed by atoms with Crippen molar-refractivity contribution < 1.29 is 9.31 Å². The van der Waals surface area contributed by atoms with Gasteiger partial charge in [0, 0.05) is 6.07 Å². The Labute approximate surface area is 75.3 Å². The van der Waals surface area contributed by atoms with Crippen molar-refractivity contribution in [2.24, 2.45) is 0 Å². The monoisotopic (exact) mass is 182 g/mol. The van der Waals surface area contributed by atoms with E-state index < -0.39 is 10.7 Å². The summed E-state index contributed by atoms with van der Waals surface area (Å²) in [7, 11) is 0. The van der Waals surface area contributed by atoms with Crippen molar-refractivity contribution in [3.8, 4) is 0 Å². The summed E-state index contributed by atoms with van der Waals surface area (Å²) in [6.07, 6.45) is 0.741.